The topological polar surface area (TPSA) is 131 Å². The number of hydrogen-bond acceptors (Lipinski definition) is 5. The zero-order valence-corrected chi connectivity index (χ0v) is 14.8. The zero-order valence-electron chi connectivity index (χ0n) is 14.8. The van der Waals surface area contributed by atoms with Gasteiger partial charge in [-0.1, -0.05) is 30.3 Å². The molecular weight excluding hydrogens is 346 g/mol. The Hall–Kier alpha value is -3.42. The molecule has 0 bridgehead atoms. The van der Waals surface area contributed by atoms with Gasteiger partial charge in [-0.25, -0.2) is 9.78 Å². The molecule has 0 saturated carbocycles. The van der Waals surface area contributed by atoms with Crippen LogP contribution in [0.4, 0.5) is 10.6 Å². The van der Waals surface area contributed by atoms with Gasteiger partial charge in [0.05, 0.1) is 12.0 Å². The van der Waals surface area contributed by atoms with Crippen molar-refractivity contribution in [1.29, 1.82) is 0 Å². The molecule has 3 atom stereocenters. The smallest absolute Gasteiger partial charge is 0.325 e. The molecule has 0 aliphatic carbocycles. The summed E-state index contributed by atoms with van der Waals surface area (Å²) in [5, 5.41) is 2.74. The summed E-state index contributed by atoms with van der Waals surface area (Å²) in [6.07, 6.45) is 1.79. The van der Waals surface area contributed by atoms with Gasteiger partial charge in [-0.2, -0.15) is 0 Å². The Morgan fingerprint density at radius 1 is 1.26 bits per heavy atom. The number of carbonyl (C=O) groups is 3. The molecule has 140 valence electrons. The highest BCUT2D eigenvalue weighted by atomic mass is 16.2. The molecule has 2 aromatic rings. The molecule has 8 heteroatoms. The number of carbonyl (C=O) groups excluding carboxylic acids is 3. The molecule has 3 rings (SSSR count). The van der Waals surface area contributed by atoms with Crippen LogP contribution in [0, 0.1) is 5.92 Å². The van der Waals surface area contributed by atoms with E-state index in [2.05, 4.69) is 10.3 Å². The first-order valence-corrected chi connectivity index (χ1v) is 8.56. The predicted octanol–water partition coefficient (Wildman–Crippen LogP) is 0.989. The summed E-state index contributed by atoms with van der Waals surface area (Å²) in [6.45, 7) is 1.80. The Bertz CT molecular complexity index is 871. The standard InChI is InChI=1S/C19H21N5O3/c1-11(13-5-3-2-4-6-13)23-19(27)24-16(17(21)25)14(18(24)26)9-12-7-8-22-15(20)10-12/h2-8,10-11,14,16H,9H2,1H3,(H2,20,22)(H2,21,25)(H,23,27)/t11-,14-,16+/m1/s1. The Balaban J connectivity index is 1.71. The van der Waals surface area contributed by atoms with Crippen molar-refractivity contribution in [2.24, 2.45) is 11.7 Å². The molecule has 1 saturated heterocycles. The van der Waals surface area contributed by atoms with E-state index in [4.69, 9.17) is 11.5 Å². The molecule has 8 nitrogen and oxygen atoms in total. The molecule has 1 aliphatic heterocycles. The second kappa shape index (κ2) is 7.45. The van der Waals surface area contributed by atoms with Gasteiger partial charge in [0.25, 0.3) is 0 Å². The van der Waals surface area contributed by atoms with Gasteiger partial charge in [0.15, 0.2) is 0 Å². The molecule has 27 heavy (non-hydrogen) atoms. The molecule has 1 fully saturated rings. The maximum atomic E-state index is 12.5. The molecular formula is C19H21N5O3. The van der Waals surface area contributed by atoms with Crippen LogP contribution < -0.4 is 16.8 Å². The fraction of sp³-hybridized carbons (Fsp3) is 0.263. The number of nitrogens with one attached hydrogen (secondary N) is 1. The fourth-order valence-electron chi connectivity index (χ4n) is 3.25. The number of anilines is 1. The van der Waals surface area contributed by atoms with E-state index in [1.165, 1.54) is 6.20 Å². The first kappa shape index (κ1) is 18.4. The van der Waals surface area contributed by atoms with Gasteiger partial charge >= 0.3 is 6.03 Å². The van der Waals surface area contributed by atoms with Crippen LogP contribution in [0.25, 0.3) is 0 Å². The number of likely N-dealkylation sites (tertiary alicyclic amines) is 1. The lowest BCUT2D eigenvalue weighted by Crippen LogP contribution is -2.69. The number of urea groups is 1. The van der Waals surface area contributed by atoms with E-state index in [1.807, 2.05) is 30.3 Å². The minimum absolute atomic E-state index is 0.261. The van der Waals surface area contributed by atoms with Crippen LogP contribution in [-0.4, -0.2) is 33.8 Å². The molecule has 0 radical (unpaired) electrons. The number of nitrogen functional groups attached to an aromatic ring is 1. The number of primary amides is 1. The van der Waals surface area contributed by atoms with Gasteiger partial charge in [0, 0.05) is 6.20 Å². The Kier molecular flexibility index (Phi) is 5.07. The fourth-order valence-corrected chi connectivity index (χ4v) is 3.25. The van der Waals surface area contributed by atoms with Crippen molar-refractivity contribution in [1.82, 2.24) is 15.2 Å². The average molecular weight is 367 g/mol. The Morgan fingerprint density at radius 3 is 2.59 bits per heavy atom. The summed E-state index contributed by atoms with van der Waals surface area (Å²) in [6, 6.07) is 10.7. The second-order valence-electron chi connectivity index (χ2n) is 6.54. The summed E-state index contributed by atoms with van der Waals surface area (Å²) in [4.78, 5) is 41.8. The van der Waals surface area contributed by atoms with E-state index < -0.39 is 29.8 Å². The molecule has 1 aromatic heterocycles. The highest BCUT2D eigenvalue weighted by Gasteiger charge is 2.53. The average Bonchev–Trinajstić information content (AvgIpc) is 2.64. The quantitative estimate of drug-likeness (QED) is 0.678. The van der Waals surface area contributed by atoms with E-state index in [1.54, 1.807) is 19.1 Å². The molecule has 1 aliphatic rings. The third-order valence-corrected chi connectivity index (χ3v) is 4.66. The van der Waals surface area contributed by atoms with E-state index in [-0.39, 0.29) is 12.5 Å². The first-order chi connectivity index (χ1) is 12.9. The molecule has 4 amide bonds. The molecule has 0 spiro atoms. The van der Waals surface area contributed by atoms with Crippen LogP contribution in [-0.2, 0) is 16.0 Å². The normalized spacial score (nSPS) is 19.9. The van der Waals surface area contributed by atoms with Crippen LogP contribution in [0.3, 0.4) is 0 Å². The largest absolute Gasteiger partial charge is 0.384 e. The lowest BCUT2D eigenvalue weighted by Gasteiger charge is -2.44. The number of amides is 4. The Morgan fingerprint density at radius 2 is 1.96 bits per heavy atom. The van der Waals surface area contributed by atoms with E-state index >= 15 is 0 Å². The number of pyridine rings is 1. The number of imide groups is 1. The van der Waals surface area contributed by atoms with Crippen LogP contribution in [0.1, 0.15) is 24.1 Å². The SMILES string of the molecule is C[C@@H](NC(=O)N1C(=O)[C@H](Cc2ccnc(N)c2)[C@H]1C(N)=O)c1ccccc1. The van der Waals surface area contributed by atoms with Gasteiger partial charge in [-0.05, 0) is 36.6 Å². The highest BCUT2D eigenvalue weighted by Crippen LogP contribution is 2.30. The van der Waals surface area contributed by atoms with Crippen LogP contribution >= 0.6 is 0 Å². The summed E-state index contributed by atoms with van der Waals surface area (Å²) < 4.78 is 0. The lowest BCUT2D eigenvalue weighted by atomic mass is 9.82. The molecule has 2 heterocycles. The van der Waals surface area contributed by atoms with Crippen molar-refractivity contribution < 1.29 is 14.4 Å². The lowest BCUT2D eigenvalue weighted by molar-refractivity contribution is -0.156. The van der Waals surface area contributed by atoms with Crippen LogP contribution in [0.5, 0.6) is 0 Å². The second-order valence-corrected chi connectivity index (χ2v) is 6.54. The number of rotatable bonds is 5. The third kappa shape index (κ3) is 3.74. The van der Waals surface area contributed by atoms with Gasteiger partial charge in [0.2, 0.25) is 11.8 Å². The highest BCUT2D eigenvalue weighted by molar-refractivity contribution is 6.08. The van der Waals surface area contributed by atoms with Crippen LogP contribution in [0.15, 0.2) is 48.7 Å². The van der Waals surface area contributed by atoms with Gasteiger partial charge in [-0.3, -0.25) is 14.5 Å². The van der Waals surface area contributed by atoms with Crippen LogP contribution in [0.2, 0.25) is 0 Å². The molecule has 0 unspecified atom stereocenters. The number of nitrogens with two attached hydrogens (primary N) is 2. The third-order valence-electron chi connectivity index (χ3n) is 4.66. The van der Waals surface area contributed by atoms with Gasteiger partial charge in [0.1, 0.15) is 11.9 Å². The minimum atomic E-state index is -0.991. The van der Waals surface area contributed by atoms with Crippen molar-refractivity contribution in [3.05, 3.63) is 59.8 Å². The van der Waals surface area contributed by atoms with Crippen molar-refractivity contribution in [3.8, 4) is 0 Å². The maximum absolute atomic E-state index is 12.5. The maximum Gasteiger partial charge on any atom is 0.325 e. The van der Waals surface area contributed by atoms with Crippen molar-refractivity contribution in [2.45, 2.75) is 25.4 Å². The Labute approximate surface area is 156 Å². The van der Waals surface area contributed by atoms with Crippen molar-refractivity contribution in [2.75, 3.05) is 5.73 Å². The van der Waals surface area contributed by atoms with Crippen molar-refractivity contribution >= 4 is 23.7 Å². The monoisotopic (exact) mass is 367 g/mol. The first-order valence-electron chi connectivity index (χ1n) is 8.56. The summed E-state index contributed by atoms with van der Waals surface area (Å²) in [7, 11) is 0. The van der Waals surface area contributed by atoms with Gasteiger partial charge < -0.3 is 16.8 Å². The summed E-state index contributed by atoms with van der Waals surface area (Å²) >= 11 is 0. The summed E-state index contributed by atoms with van der Waals surface area (Å²) in [5.74, 6) is -1.53. The molecule has 1 aromatic carbocycles. The number of nitrogens with zero attached hydrogens (tertiary/aromatic N) is 2. The van der Waals surface area contributed by atoms with E-state index in [0.29, 0.717) is 5.82 Å². The number of hydrogen-bond donors (Lipinski definition) is 3. The van der Waals surface area contributed by atoms with E-state index in [9.17, 15) is 14.4 Å². The number of β-lactam (4-membered cyclic amide) rings is 1. The molecule has 5 N–H and O–H groups in total. The van der Waals surface area contributed by atoms with Crippen molar-refractivity contribution in [3.63, 3.8) is 0 Å². The number of benzene rings is 1. The number of aromatic nitrogens is 1. The zero-order chi connectivity index (χ0) is 19.6. The minimum Gasteiger partial charge on any atom is -0.384 e. The van der Waals surface area contributed by atoms with Gasteiger partial charge in [-0.15, -0.1) is 0 Å². The predicted molar refractivity (Wildman–Crippen MR) is 99.1 cm³/mol. The summed E-state index contributed by atoms with van der Waals surface area (Å²) in [5.41, 5.74) is 12.7. The van der Waals surface area contributed by atoms with E-state index in [0.717, 1.165) is 16.0 Å².